The summed E-state index contributed by atoms with van der Waals surface area (Å²) in [6, 6.07) is 0.573. The van der Waals surface area contributed by atoms with Crippen LogP contribution in [0.4, 0.5) is 0 Å². The van der Waals surface area contributed by atoms with Crippen LogP contribution >= 0.6 is 0 Å². The van der Waals surface area contributed by atoms with E-state index in [1.807, 2.05) is 7.11 Å². The van der Waals surface area contributed by atoms with Gasteiger partial charge in [-0.15, -0.1) is 0 Å². The molecule has 0 radical (unpaired) electrons. The van der Waals surface area contributed by atoms with Crippen LogP contribution in [0.25, 0.3) is 0 Å². The van der Waals surface area contributed by atoms with Crippen molar-refractivity contribution in [2.24, 2.45) is 5.92 Å². The van der Waals surface area contributed by atoms with Gasteiger partial charge in [0, 0.05) is 25.2 Å². The number of hydrogen-bond donors (Lipinski definition) is 1. The Morgan fingerprint density at radius 2 is 1.89 bits per heavy atom. The quantitative estimate of drug-likeness (QED) is 0.848. The fraction of sp³-hybridized carbons (Fsp3) is 1.00. The lowest BCUT2D eigenvalue weighted by molar-refractivity contribution is 0.0455. The average molecular weight is 268 g/mol. The first-order valence-corrected chi connectivity index (χ1v) is 8.15. The minimum Gasteiger partial charge on any atom is -0.383 e. The van der Waals surface area contributed by atoms with Gasteiger partial charge in [0.2, 0.25) is 0 Å². The molecule has 0 amide bonds. The molecule has 1 unspecified atom stereocenters. The van der Waals surface area contributed by atoms with E-state index < -0.39 is 0 Å². The van der Waals surface area contributed by atoms with Crippen LogP contribution in [-0.4, -0.2) is 49.8 Å². The normalized spacial score (nSPS) is 26.5. The van der Waals surface area contributed by atoms with Crippen molar-refractivity contribution in [3.05, 3.63) is 0 Å². The molecule has 1 saturated heterocycles. The Balaban J connectivity index is 2.06. The molecule has 2 fully saturated rings. The number of methoxy groups -OCH3 is 1. The standard InChI is InChI=1S/C16H32N2O/c1-14(2)15(12-19-3)18-11-7-10-17-16(13-18)8-5-4-6-9-16/h14-15,17H,4-13H2,1-3H3. The lowest BCUT2D eigenvalue weighted by Gasteiger charge is -2.43. The van der Waals surface area contributed by atoms with Crippen LogP contribution in [0.3, 0.4) is 0 Å². The molecular weight excluding hydrogens is 236 g/mol. The highest BCUT2D eigenvalue weighted by Crippen LogP contribution is 2.31. The Labute approximate surface area is 119 Å². The Kier molecular flexibility index (Phi) is 5.67. The molecule has 1 N–H and O–H groups in total. The molecule has 1 atom stereocenters. The molecular formula is C16H32N2O. The van der Waals surface area contributed by atoms with Gasteiger partial charge in [0.15, 0.2) is 0 Å². The third-order valence-corrected chi connectivity index (χ3v) is 5.01. The van der Waals surface area contributed by atoms with Gasteiger partial charge in [-0.05, 0) is 38.3 Å². The summed E-state index contributed by atoms with van der Waals surface area (Å²) >= 11 is 0. The molecule has 1 saturated carbocycles. The third-order valence-electron chi connectivity index (χ3n) is 5.01. The molecule has 0 bridgehead atoms. The second-order valence-corrected chi connectivity index (χ2v) is 6.86. The van der Waals surface area contributed by atoms with Crippen LogP contribution in [0.2, 0.25) is 0 Å². The molecule has 2 aliphatic rings. The van der Waals surface area contributed by atoms with Crippen LogP contribution < -0.4 is 5.32 Å². The van der Waals surface area contributed by atoms with Gasteiger partial charge in [-0.25, -0.2) is 0 Å². The number of nitrogens with one attached hydrogen (secondary N) is 1. The maximum absolute atomic E-state index is 5.47. The van der Waals surface area contributed by atoms with Crippen molar-refractivity contribution in [3.63, 3.8) is 0 Å². The second kappa shape index (κ2) is 7.05. The monoisotopic (exact) mass is 268 g/mol. The van der Waals surface area contributed by atoms with E-state index in [1.54, 1.807) is 0 Å². The summed E-state index contributed by atoms with van der Waals surface area (Å²) in [7, 11) is 1.84. The molecule has 2 rings (SSSR count). The minimum absolute atomic E-state index is 0.398. The van der Waals surface area contributed by atoms with E-state index in [0.29, 0.717) is 17.5 Å². The van der Waals surface area contributed by atoms with Crippen LogP contribution in [0.1, 0.15) is 52.4 Å². The third kappa shape index (κ3) is 3.93. The first kappa shape index (κ1) is 15.3. The van der Waals surface area contributed by atoms with Gasteiger partial charge in [0.1, 0.15) is 0 Å². The lowest BCUT2D eigenvalue weighted by Crippen LogP contribution is -2.55. The molecule has 1 aliphatic carbocycles. The summed E-state index contributed by atoms with van der Waals surface area (Å²) in [5, 5.41) is 3.88. The second-order valence-electron chi connectivity index (χ2n) is 6.86. The Hall–Kier alpha value is -0.120. The highest BCUT2D eigenvalue weighted by atomic mass is 16.5. The lowest BCUT2D eigenvalue weighted by atomic mass is 9.81. The highest BCUT2D eigenvalue weighted by Gasteiger charge is 2.37. The largest absolute Gasteiger partial charge is 0.383 e. The molecule has 112 valence electrons. The fourth-order valence-electron chi connectivity index (χ4n) is 3.90. The van der Waals surface area contributed by atoms with Gasteiger partial charge in [-0.2, -0.15) is 0 Å². The number of ether oxygens (including phenoxy) is 1. The summed E-state index contributed by atoms with van der Waals surface area (Å²) in [5.41, 5.74) is 0.398. The van der Waals surface area contributed by atoms with Crippen molar-refractivity contribution in [2.75, 3.05) is 33.4 Å². The molecule has 0 aromatic rings. The van der Waals surface area contributed by atoms with E-state index >= 15 is 0 Å². The Bertz CT molecular complexity index is 261. The van der Waals surface area contributed by atoms with Gasteiger partial charge in [0.05, 0.1) is 6.61 Å². The molecule has 0 aromatic heterocycles. The smallest absolute Gasteiger partial charge is 0.0620 e. The van der Waals surface area contributed by atoms with Gasteiger partial charge < -0.3 is 10.1 Å². The molecule has 0 aromatic carbocycles. The van der Waals surface area contributed by atoms with E-state index in [2.05, 4.69) is 24.1 Å². The highest BCUT2D eigenvalue weighted by molar-refractivity contribution is 4.96. The number of nitrogens with zero attached hydrogens (tertiary/aromatic N) is 1. The van der Waals surface area contributed by atoms with Crippen molar-refractivity contribution in [1.29, 1.82) is 0 Å². The Morgan fingerprint density at radius 1 is 1.16 bits per heavy atom. The van der Waals surface area contributed by atoms with Gasteiger partial charge in [-0.3, -0.25) is 4.90 Å². The van der Waals surface area contributed by atoms with Crippen LogP contribution in [0, 0.1) is 5.92 Å². The van der Waals surface area contributed by atoms with E-state index in [1.165, 1.54) is 58.2 Å². The average Bonchev–Trinajstić information content (AvgIpc) is 2.59. The summed E-state index contributed by atoms with van der Waals surface area (Å²) < 4.78 is 5.47. The molecule has 3 nitrogen and oxygen atoms in total. The first-order chi connectivity index (χ1) is 9.17. The molecule has 1 spiro atoms. The van der Waals surface area contributed by atoms with Crippen molar-refractivity contribution in [1.82, 2.24) is 10.2 Å². The maximum Gasteiger partial charge on any atom is 0.0620 e. The van der Waals surface area contributed by atoms with Crippen LogP contribution in [0.15, 0.2) is 0 Å². The van der Waals surface area contributed by atoms with Crippen molar-refractivity contribution in [3.8, 4) is 0 Å². The molecule has 1 aliphatic heterocycles. The topological polar surface area (TPSA) is 24.5 Å². The zero-order chi connectivity index (χ0) is 13.7. The summed E-state index contributed by atoms with van der Waals surface area (Å²) in [5.74, 6) is 0.665. The predicted molar refractivity (Wildman–Crippen MR) is 80.5 cm³/mol. The van der Waals surface area contributed by atoms with E-state index in [9.17, 15) is 0 Å². The van der Waals surface area contributed by atoms with Crippen LogP contribution in [0.5, 0.6) is 0 Å². The number of hydrogen-bond acceptors (Lipinski definition) is 3. The molecule has 19 heavy (non-hydrogen) atoms. The van der Waals surface area contributed by atoms with Crippen LogP contribution in [-0.2, 0) is 4.74 Å². The summed E-state index contributed by atoms with van der Waals surface area (Å²) in [6.45, 7) is 9.16. The molecule has 3 heteroatoms. The molecule has 1 heterocycles. The fourth-order valence-corrected chi connectivity index (χ4v) is 3.90. The zero-order valence-corrected chi connectivity index (χ0v) is 13.1. The maximum atomic E-state index is 5.47. The van der Waals surface area contributed by atoms with E-state index in [4.69, 9.17) is 4.74 Å². The van der Waals surface area contributed by atoms with E-state index in [0.717, 1.165) is 6.61 Å². The first-order valence-electron chi connectivity index (χ1n) is 8.15. The zero-order valence-electron chi connectivity index (χ0n) is 13.1. The summed E-state index contributed by atoms with van der Waals surface area (Å²) in [4.78, 5) is 2.71. The number of rotatable bonds is 4. The minimum atomic E-state index is 0.398. The SMILES string of the molecule is COCC(C(C)C)N1CCCNC2(CCCCC2)C1. The Morgan fingerprint density at radius 3 is 2.53 bits per heavy atom. The summed E-state index contributed by atoms with van der Waals surface area (Å²) in [6.07, 6.45) is 8.22. The predicted octanol–water partition coefficient (Wildman–Crippen LogP) is 2.66. The van der Waals surface area contributed by atoms with Crippen molar-refractivity contribution < 1.29 is 4.74 Å². The van der Waals surface area contributed by atoms with Crippen molar-refractivity contribution >= 4 is 0 Å². The van der Waals surface area contributed by atoms with Crippen molar-refractivity contribution in [2.45, 2.75) is 64.0 Å². The van der Waals surface area contributed by atoms with E-state index in [-0.39, 0.29) is 0 Å². The van der Waals surface area contributed by atoms with Gasteiger partial charge >= 0.3 is 0 Å². The van der Waals surface area contributed by atoms with Gasteiger partial charge in [0.25, 0.3) is 0 Å². The van der Waals surface area contributed by atoms with Gasteiger partial charge in [-0.1, -0.05) is 33.1 Å².